The summed E-state index contributed by atoms with van der Waals surface area (Å²) in [5.41, 5.74) is 0.559. The zero-order valence-electron chi connectivity index (χ0n) is 11.1. The van der Waals surface area contributed by atoms with Crippen LogP contribution < -0.4 is 0 Å². The molecule has 0 aromatic heterocycles. The van der Waals surface area contributed by atoms with Gasteiger partial charge >= 0.3 is 0 Å². The van der Waals surface area contributed by atoms with E-state index in [1.54, 1.807) is 6.07 Å². The molecule has 0 heterocycles. The van der Waals surface area contributed by atoms with Gasteiger partial charge in [-0.1, -0.05) is 47.4 Å². The van der Waals surface area contributed by atoms with E-state index in [4.69, 9.17) is 11.6 Å². The highest BCUT2D eigenvalue weighted by molar-refractivity contribution is 9.10. The zero-order chi connectivity index (χ0) is 14.4. The third kappa shape index (κ3) is 4.20. The number of carbonyl (C=O) groups excluding carboxylic acids is 1. The molecule has 1 amide bonds. The second kappa shape index (κ2) is 8.28. The Hall–Kier alpha value is -0.0600. The molecular formula is C14H18Br2ClNO. The summed E-state index contributed by atoms with van der Waals surface area (Å²) in [6.07, 6.45) is 1.89. The van der Waals surface area contributed by atoms with E-state index in [0.29, 0.717) is 17.1 Å². The summed E-state index contributed by atoms with van der Waals surface area (Å²) in [6.45, 7) is 4.89. The minimum absolute atomic E-state index is 0.000509. The summed E-state index contributed by atoms with van der Waals surface area (Å²) < 4.78 is 0.753. The number of benzene rings is 1. The van der Waals surface area contributed by atoms with Crippen molar-refractivity contribution in [3.8, 4) is 0 Å². The fraction of sp³-hybridized carbons (Fsp3) is 0.500. The lowest BCUT2D eigenvalue weighted by Gasteiger charge is -2.30. The van der Waals surface area contributed by atoms with Crippen molar-refractivity contribution in [3.05, 3.63) is 33.3 Å². The second-order valence-electron chi connectivity index (χ2n) is 4.26. The van der Waals surface area contributed by atoms with Crippen LogP contribution in [0.4, 0.5) is 0 Å². The number of hydrogen-bond acceptors (Lipinski definition) is 1. The van der Waals surface area contributed by atoms with E-state index in [1.807, 2.05) is 17.0 Å². The van der Waals surface area contributed by atoms with Crippen molar-refractivity contribution in [1.29, 1.82) is 0 Å². The number of hydrogen-bond donors (Lipinski definition) is 0. The van der Waals surface area contributed by atoms with Crippen LogP contribution in [0.3, 0.4) is 0 Å². The van der Waals surface area contributed by atoms with Gasteiger partial charge in [0.1, 0.15) is 0 Å². The highest BCUT2D eigenvalue weighted by Gasteiger charge is 2.24. The minimum Gasteiger partial charge on any atom is -0.335 e. The topological polar surface area (TPSA) is 20.3 Å². The number of nitrogens with zero attached hydrogens (tertiary/aromatic N) is 1. The zero-order valence-corrected chi connectivity index (χ0v) is 15.1. The molecule has 1 aromatic rings. The van der Waals surface area contributed by atoms with Crippen LogP contribution in [0.15, 0.2) is 22.7 Å². The Morgan fingerprint density at radius 3 is 2.53 bits per heavy atom. The molecule has 0 unspecified atom stereocenters. The first kappa shape index (κ1) is 17.0. The quantitative estimate of drug-likeness (QED) is 0.595. The lowest BCUT2D eigenvalue weighted by molar-refractivity contribution is 0.0683. The van der Waals surface area contributed by atoms with Crippen molar-refractivity contribution in [2.45, 2.75) is 32.7 Å². The van der Waals surface area contributed by atoms with E-state index in [0.717, 1.165) is 22.6 Å². The summed E-state index contributed by atoms with van der Waals surface area (Å²) in [7, 11) is 0. The first-order valence-corrected chi connectivity index (χ1v) is 8.66. The molecule has 0 atom stereocenters. The average Bonchev–Trinajstić information content (AvgIpc) is 2.41. The van der Waals surface area contributed by atoms with Crippen LogP contribution in [0.2, 0.25) is 5.02 Å². The maximum Gasteiger partial charge on any atom is 0.255 e. The smallest absolute Gasteiger partial charge is 0.255 e. The Morgan fingerprint density at radius 1 is 1.37 bits per heavy atom. The molecule has 0 aliphatic rings. The van der Waals surface area contributed by atoms with E-state index in [2.05, 4.69) is 45.7 Å². The number of amides is 1. The van der Waals surface area contributed by atoms with Gasteiger partial charge in [0.05, 0.1) is 10.6 Å². The Balaban J connectivity index is 3.08. The maximum atomic E-state index is 12.7. The molecule has 106 valence electrons. The van der Waals surface area contributed by atoms with Gasteiger partial charge in [-0.05, 0) is 40.9 Å². The predicted molar refractivity (Wildman–Crippen MR) is 88.4 cm³/mol. The van der Waals surface area contributed by atoms with Gasteiger partial charge in [0.2, 0.25) is 0 Å². The van der Waals surface area contributed by atoms with Gasteiger partial charge in [-0.3, -0.25) is 4.79 Å². The van der Waals surface area contributed by atoms with Crippen LogP contribution >= 0.6 is 43.5 Å². The molecule has 1 rings (SSSR count). The van der Waals surface area contributed by atoms with E-state index in [-0.39, 0.29) is 11.9 Å². The van der Waals surface area contributed by atoms with E-state index >= 15 is 0 Å². The first-order valence-electron chi connectivity index (χ1n) is 6.37. The average molecular weight is 412 g/mol. The van der Waals surface area contributed by atoms with Gasteiger partial charge in [-0.15, -0.1) is 0 Å². The minimum atomic E-state index is -0.000509. The molecule has 0 saturated carbocycles. The third-order valence-electron chi connectivity index (χ3n) is 3.15. The highest BCUT2D eigenvalue weighted by Crippen LogP contribution is 2.28. The molecular weight excluding hydrogens is 393 g/mol. The fourth-order valence-corrected chi connectivity index (χ4v) is 3.05. The summed E-state index contributed by atoms with van der Waals surface area (Å²) >= 11 is 13.0. The Kier molecular flexibility index (Phi) is 7.40. The summed E-state index contributed by atoms with van der Waals surface area (Å²) in [5.74, 6) is -0.000509. The molecule has 0 fully saturated rings. The Bertz CT molecular complexity index is 435. The van der Waals surface area contributed by atoms with Crippen LogP contribution in [-0.4, -0.2) is 28.7 Å². The largest absolute Gasteiger partial charge is 0.335 e. The molecule has 2 nitrogen and oxygen atoms in total. The molecule has 0 saturated heterocycles. The molecule has 0 N–H and O–H groups in total. The summed E-state index contributed by atoms with van der Waals surface area (Å²) in [6, 6.07) is 5.70. The van der Waals surface area contributed by atoms with Gasteiger partial charge in [-0.25, -0.2) is 0 Å². The van der Waals surface area contributed by atoms with Gasteiger partial charge in [0, 0.05) is 22.4 Å². The molecule has 0 radical (unpaired) electrons. The van der Waals surface area contributed by atoms with Gasteiger partial charge in [0.25, 0.3) is 5.91 Å². The summed E-state index contributed by atoms with van der Waals surface area (Å²) in [5, 5.41) is 1.25. The fourth-order valence-electron chi connectivity index (χ4n) is 2.09. The van der Waals surface area contributed by atoms with Crippen molar-refractivity contribution in [2.75, 3.05) is 11.9 Å². The molecule has 5 heteroatoms. The van der Waals surface area contributed by atoms with Crippen LogP contribution in [0.5, 0.6) is 0 Å². The Morgan fingerprint density at radius 2 is 2.00 bits per heavy atom. The lowest BCUT2D eigenvalue weighted by Crippen LogP contribution is -2.41. The summed E-state index contributed by atoms with van der Waals surface area (Å²) in [4.78, 5) is 14.6. The maximum absolute atomic E-state index is 12.7. The van der Waals surface area contributed by atoms with Gasteiger partial charge < -0.3 is 4.90 Å². The van der Waals surface area contributed by atoms with Crippen molar-refractivity contribution >= 4 is 49.4 Å². The van der Waals surface area contributed by atoms with Crippen LogP contribution in [0.25, 0.3) is 0 Å². The van der Waals surface area contributed by atoms with E-state index in [9.17, 15) is 4.79 Å². The molecule has 0 aliphatic heterocycles. The predicted octanol–water partition coefficient (Wildman–Crippen LogP) is 5.13. The van der Waals surface area contributed by atoms with E-state index < -0.39 is 0 Å². The number of halogens is 3. The monoisotopic (exact) mass is 409 g/mol. The van der Waals surface area contributed by atoms with Crippen molar-refractivity contribution in [2.24, 2.45) is 0 Å². The number of carbonyl (C=O) groups is 1. The number of rotatable bonds is 6. The molecule has 19 heavy (non-hydrogen) atoms. The SMILES string of the molecule is CCC(CC)N(CCBr)C(=O)c1cccc(Br)c1Cl. The van der Waals surface area contributed by atoms with Crippen LogP contribution in [0.1, 0.15) is 37.0 Å². The lowest BCUT2D eigenvalue weighted by atomic mass is 10.1. The molecule has 1 aromatic carbocycles. The van der Waals surface area contributed by atoms with Gasteiger partial charge in [0.15, 0.2) is 0 Å². The highest BCUT2D eigenvalue weighted by atomic mass is 79.9. The normalized spacial score (nSPS) is 10.8. The van der Waals surface area contributed by atoms with Crippen LogP contribution in [0, 0.1) is 0 Å². The van der Waals surface area contributed by atoms with Crippen molar-refractivity contribution < 1.29 is 4.79 Å². The second-order valence-corrected chi connectivity index (χ2v) is 6.28. The third-order valence-corrected chi connectivity index (χ3v) is 4.80. The van der Waals surface area contributed by atoms with Crippen molar-refractivity contribution in [3.63, 3.8) is 0 Å². The molecule has 0 bridgehead atoms. The van der Waals surface area contributed by atoms with Crippen molar-refractivity contribution in [1.82, 2.24) is 4.90 Å². The van der Waals surface area contributed by atoms with Crippen LogP contribution in [-0.2, 0) is 0 Å². The molecule has 0 spiro atoms. The molecule has 0 aliphatic carbocycles. The Labute approximate surface area is 136 Å². The number of alkyl halides is 1. The first-order chi connectivity index (χ1) is 9.06. The van der Waals surface area contributed by atoms with E-state index in [1.165, 1.54) is 0 Å². The van der Waals surface area contributed by atoms with Gasteiger partial charge in [-0.2, -0.15) is 0 Å². The standard InChI is InChI=1S/C14H18Br2ClNO/c1-3-10(4-2)18(9-8-15)14(19)11-6-5-7-12(16)13(11)17/h5-7,10H,3-4,8-9H2,1-2H3.